The molecule has 2 aliphatic rings. The third-order valence-corrected chi connectivity index (χ3v) is 4.37. The number of rotatable bonds is 3. The second-order valence-corrected chi connectivity index (χ2v) is 5.73. The second kappa shape index (κ2) is 6.92. The molecule has 0 bridgehead atoms. The van der Waals surface area contributed by atoms with Crippen molar-refractivity contribution in [3.63, 3.8) is 0 Å². The Labute approximate surface area is 119 Å². The third kappa shape index (κ3) is 3.62. The molecule has 2 rings (SSSR count). The van der Waals surface area contributed by atoms with Gasteiger partial charge >= 0.3 is 12.0 Å². The Bertz CT molecular complexity index is 355. The first-order chi connectivity index (χ1) is 9.59. The van der Waals surface area contributed by atoms with Crippen molar-refractivity contribution in [2.75, 3.05) is 19.8 Å². The first-order valence-corrected chi connectivity index (χ1v) is 7.47. The maximum Gasteiger partial charge on any atom is 0.326 e. The lowest BCUT2D eigenvalue weighted by Crippen LogP contribution is -2.54. The summed E-state index contributed by atoms with van der Waals surface area (Å²) < 4.78 is 5.32. The van der Waals surface area contributed by atoms with Crippen molar-refractivity contribution in [3.05, 3.63) is 0 Å². The van der Waals surface area contributed by atoms with Crippen molar-refractivity contribution in [1.82, 2.24) is 10.2 Å². The summed E-state index contributed by atoms with van der Waals surface area (Å²) in [4.78, 5) is 25.0. The van der Waals surface area contributed by atoms with Gasteiger partial charge in [-0.05, 0) is 44.9 Å². The minimum atomic E-state index is -0.904. The van der Waals surface area contributed by atoms with E-state index >= 15 is 0 Å². The minimum Gasteiger partial charge on any atom is -0.480 e. The number of urea groups is 1. The first kappa shape index (κ1) is 15.1. The van der Waals surface area contributed by atoms with Gasteiger partial charge in [0.05, 0.1) is 0 Å². The number of carbonyl (C=O) groups is 2. The third-order valence-electron chi connectivity index (χ3n) is 4.37. The Balaban J connectivity index is 1.90. The van der Waals surface area contributed by atoms with Crippen LogP contribution in [0.4, 0.5) is 4.79 Å². The van der Waals surface area contributed by atoms with Crippen LogP contribution in [0.3, 0.4) is 0 Å². The molecule has 0 radical (unpaired) electrons. The highest BCUT2D eigenvalue weighted by Crippen LogP contribution is 2.21. The lowest BCUT2D eigenvalue weighted by Gasteiger charge is -2.35. The van der Waals surface area contributed by atoms with Crippen molar-refractivity contribution in [1.29, 1.82) is 0 Å². The number of ether oxygens (including phenoxy) is 1. The number of nitrogens with zero attached hydrogens (tertiary/aromatic N) is 1. The molecule has 6 nitrogen and oxygen atoms in total. The standard InChI is InChI=1S/C14H24N2O4/c1-10(11-5-8-20-9-6-11)15-14(19)16-7-3-2-4-12(16)13(17)18/h10-12H,2-9H2,1H3,(H,15,19)(H,17,18). The molecular weight excluding hydrogens is 260 g/mol. The zero-order valence-corrected chi connectivity index (χ0v) is 12.0. The maximum absolute atomic E-state index is 12.3. The normalized spacial score (nSPS) is 26.1. The fourth-order valence-electron chi connectivity index (χ4n) is 3.04. The van der Waals surface area contributed by atoms with Gasteiger partial charge in [0, 0.05) is 25.8 Å². The van der Waals surface area contributed by atoms with Crippen LogP contribution in [0.15, 0.2) is 0 Å². The molecule has 114 valence electrons. The maximum atomic E-state index is 12.3. The predicted octanol–water partition coefficient (Wildman–Crippen LogP) is 1.45. The van der Waals surface area contributed by atoms with E-state index in [1.807, 2.05) is 6.92 Å². The molecule has 0 aromatic rings. The Morgan fingerprint density at radius 1 is 1.25 bits per heavy atom. The molecular formula is C14H24N2O4. The highest BCUT2D eigenvalue weighted by molar-refractivity contribution is 5.83. The van der Waals surface area contributed by atoms with Crippen LogP contribution in [-0.2, 0) is 9.53 Å². The SMILES string of the molecule is CC(NC(=O)N1CCCCC1C(=O)O)C1CCOCC1. The van der Waals surface area contributed by atoms with E-state index in [4.69, 9.17) is 4.74 Å². The van der Waals surface area contributed by atoms with E-state index in [1.54, 1.807) is 0 Å². The van der Waals surface area contributed by atoms with E-state index < -0.39 is 12.0 Å². The van der Waals surface area contributed by atoms with Gasteiger partial charge in [0.25, 0.3) is 0 Å². The average Bonchev–Trinajstić information content (AvgIpc) is 2.48. The molecule has 0 aliphatic carbocycles. The van der Waals surface area contributed by atoms with E-state index in [-0.39, 0.29) is 12.1 Å². The molecule has 2 heterocycles. The van der Waals surface area contributed by atoms with Crippen molar-refractivity contribution in [2.45, 2.75) is 51.1 Å². The average molecular weight is 284 g/mol. The van der Waals surface area contributed by atoms with Gasteiger partial charge < -0.3 is 20.1 Å². The fraction of sp³-hybridized carbons (Fsp3) is 0.857. The number of hydrogen-bond acceptors (Lipinski definition) is 3. The fourth-order valence-corrected chi connectivity index (χ4v) is 3.04. The largest absolute Gasteiger partial charge is 0.480 e. The van der Waals surface area contributed by atoms with Gasteiger partial charge in [0.1, 0.15) is 6.04 Å². The van der Waals surface area contributed by atoms with E-state index in [0.717, 1.165) is 38.9 Å². The first-order valence-electron chi connectivity index (χ1n) is 7.47. The molecule has 0 aromatic heterocycles. The molecule has 2 aliphatic heterocycles. The van der Waals surface area contributed by atoms with Crippen molar-refractivity contribution in [2.24, 2.45) is 5.92 Å². The smallest absolute Gasteiger partial charge is 0.326 e. The van der Waals surface area contributed by atoms with E-state index in [0.29, 0.717) is 18.9 Å². The van der Waals surface area contributed by atoms with Crippen LogP contribution < -0.4 is 5.32 Å². The van der Waals surface area contributed by atoms with Crippen LogP contribution in [-0.4, -0.2) is 53.8 Å². The number of nitrogens with one attached hydrogen (secondary N) is 1. The molecule has 0 aromatic carbocycles. The summed E-state index contributed by atoms with van der Waals surface area (Å²) in [7, 11) is 0. The predicted molar refractivity (Wildman–Crippen MR) is 73.5 cm³/mol. The Morgan fingerprint density at radius 2 is 1.95 bits per heavy atom. The number of hydrogen-bond donors (Lipinski definition) is 2. The quantitative estimate of drug-likeness (QED) is 0.822. The van der Waals surface area contributed by atoms with Gasteiger partial charge in [0.15, 0.2) is 0 Å². The number of carboxylic acid groups (broad SMARTS) is 1. The molecule has 2 unspecified atom stereocenters. The van der Waals surface area contributed by atoms with Crippen LogP contribution in [0.5, 0.6) is 0 Å². The molecule has 20 heavy (non-hydrogen) atoms. The van der Waals surface area contributed by atoms with Crippen molar-refractivity contribution in [3.8, 4) is 0 Å². The Hall–Kier alpha value is -1.30. The summed E-state index contributed by atoms with van der Waals surface area (Å²) in [5, 5.41) is 12.2. The molecule has 0 saturated carbocycles. The number of amides is 2. The Kier molecular flexibility index (Phi) is 5.23. The van der Waals surface area contributed by atoms with Crippen molar-refractivity contribution < 1.29 is 19.4 Å². The highest BCUT2D eigenvalue weighted by atomic mass is 16.5. The topological polar surface area (TPSA) is 78.9 Å². The highest BCUT2D eigenvalue weighted by Gasteiger charge is 2.33. The van der Waals surface area contributed by atoms with Crippen LogP contribution >= 0.6 is 0 Å². The summed E-state index contributed by atoms with van der Waals surface area (Å²) in [6, 6.07) is -0.857. The molecule has 2 fully saturated rings. The lowest BCUT2D eigenvalue weighted by atomic mass is 9.93. The van der Waals surface area contributed by atoms with Gasteiger partial charge in [-0.25, -0.2) is 9.59 Å². The van der Waals surface area contributed by atoms with E-state index in [1.165, 1.54) is 4.90 Å². The van der Waals surface area contributed by atoms with E-state index in [9.17, 15) is 14.7 Å². The van der Waals surface area contributed by atoms with Crippen LogP contribution in [0.25, 0.3) is 0 Å². The number of piperidine rings is 1. The van der Waals surface area contributed by atoms with Gasteiger partial charge in [-0.2, -0.15) is 0 Å². The van der Waals surface area contributed by atoms with Crippen LogP contribution in [0.1, 0.15) is 39.0 Å². The molecule has 0 spiro atoms. The molecule has 2 saturated heterocycles. The van der Waals surface area contributed by atoms with Crippen LogP contribution in [0.2, 0.25) is 0 Å². The molecule has 6 heteroatoms. The summed E-state index contributed by atoms with van der Waals surface area (Å²) in [6.07, 6.45) is 4.20. The molecule has 2 amide bonds. The van der Waals surface area contributed by atoms with Crippen LogP contribution in [0, 0.1) is 5.92 Å². The van der Waals surface area contributed by atoms with Crippen molar-refractivity contribution >= 4 is 12.0 Å². The lowest BCUT2D eigenvalue weighted by molar-refractivity contribution is -0.143. The van der Waals surface area contributed by atoms with Gasteiger partial charge in [-0.3, -0.25) is 0 Å². The molecule has 2 N–H and O–H groups in total. The van der Waals surface area contributed by atoms with Gasteiger partial charge in [0.2, 0.25) is 0 Å². The minimum absolute atomic E-state index is 0.0581. The Morgan fingerprint density at radius 3 is 2.60 bits per heavy atom. The number of carbonyl (C=O) groups excluding carboxylic acids is 1. The second-order valence-electron chi connectivity index (χ2n) is 5.73. The van der Waals surface area contributed by atoms with E-state index in [2.05, 4.69) is 5.32 Å². The zero-order chi connectivity index (χ0) is 14.5. The number of carboxylic acids is 1. The monoisotopic (exact) mass is 284 g/mol. The summed E-state index contributed by atoms with van der Waals surface area (Å²) in [5.74, 6) is -0.487. The summed E-state index contributed by atoms with van der Waals surface area (Å²) in [5.41, 5.74) is 0. The summed E-state index contributed by atoms with van der Waals surface area (Å²) >= 11 is 0. The summed E-state index contributed by atoms with van der Waals surface area (Å²) in [6.45, 7) is 4.01. The number of aliphatic carboxylic acids is 1. The van der Waals surface area contributed by atoms with Gasteiger partial charge in [-0.15, -0.1) is 0 Å². The van der Waals surface area contributed by atoms with Gasteiger partial charge in [-0.1, -0.05) is 0 Å². The number of likely N-dealkylation sites (tertiary alicyclic amines) is 1. The zero-order valence-electron chi connectivity index (χ0n) is 12.0. The molecule has 2 atom stereocenters.